The quantitative estimate of drug-likeness (QED) is 0.784. The molecule has 7 heteroatoms. The number of aliphatic carboxylic acids is 1. The molecule has 120 valence electrons. The van der Waals surface area contributed by atoms with Gasteiger partial charge in [-0.2, -0.15) is 0 Å². The number of carboxylic acid groups (broad SMARTS) is 1. The van der Waals surface area contributed by atoms with Crippen LogP contribution >= 0.6 is 0 Å². The first kappa shape index (κ1) is 16.0. The first-order valence-corrected chi connectivity index (χ1v) is 7.17. The number of carbonyl (C=O) groups excluding carboxylic acids is 1. The Morgan fingerprint density at radius 2 is 1.90 bits per heavy atom. The monoisotopic (exact) mass is 301 g/mol. The zero-order valence-corrected chi connectivity index (χ0v) is 12.8. The van der Waals surface area contributed by atoms with E-state index in [4.69, 9.17) is 14.2 Å². The molecule has 2 rings (SSSR count). The van der Waals surface area contributed by atoms with E-state index in [1.165, 1.54) is 4.90 Å². The maximum absolute atomic E-state index is 12.2. The second-order valence-corrected chi connectivity index (χ2v) is 6.60. The molecule has 0 aromatic rings. The Labute approximate surface area is 124 Å². The fourth-order valence-corrected chi connectivity index (χ4v) is 2.60. The third kappa shape index (κ3) is 4.07. The van der Waals surface area contributed by atoms with Crippen molar-refractivity contribution >= 4 is 12.1 Å². The molecule has 21 heavy (non-hydrogen) atoms. The summed E-state index contributed by atoms with van der Waals surface area (Å²) in [5, 5.41) is 9.25. The fourth-order valence-electron chi connectivity index (χ4n) is 2.60. The molecule has 0 aromatic heterocycles. The van der Waals surface area contributed by atoms with Gasteiger partial charge in [0.15, 0.2) is 6.10 Å². The number of hydrogen-bond acceptors (Lipinski definition) is 5. The molecule has 0 bridgehead atoms. The van der Waals surface area contributed by atoms with Crippen LogP contribution in [0.15, 0.2) is 0 Å². The predicted molar refractivity (Wildman–Crippen MR) is 73.1 cm³/mol. The van der Waals surface area contributed by atoms with Crippen LogP contribution in [0.5, 0.6) is 0 Å². The molecule has 1 spiro atoms. The Kier molecular flexibility index (Phi) is 4.43. The van der Waals surface area contributed by atoms with Crippen LogP contribution in [-0.2, 0) is 19.0 Å². The number of hydrogen-bond donors (Lipinski definition) is 1. The average Bonchev–Trinajstić information content (AvgIpc) is 2.37. The molecule has 7 nitrogen and oxygen atoms in total. The minimum absolute atomic E-state index is 0.00680. The van der Waals surface area contributed by atoms with Gasteiger partial charge in [0.25, 0.3) is 0 Å². The summed E-state index contributed by atoms with van der Waals surface area (Å²) in [5.74, 6) is -1.06. The summed E-state index contributed by atoms with van der Waals surface area (Å²) in [5.41, 5.74) is -1.26. The molecule has 1 N–H and O–H groups in total. The number of morpholine rings is 1. The van der Waals surface area contributed by atoms with Crippen molar-refractivity contribution in [2.45, 2.75) is 50.9 Å². The van der Waals surface area contributed by atoms with Crippen molar-refractivity contribution in [3.8, 4) is 0 Å². The van der Waals surface area contributed by atoms with Crippen LogP contribution in [0.25, 0.3) is 0 Å². The van der Waals surface area contributed by atoms with E-state index in [-0.39, 0.29) is 6.54 Å². The molecular weight excluding hydrogens is 278 g/mol. The molecule has 2 heterocycles. The number of carboxylic acids is 1. The molecule has 2 fully saturated rings. The molecule has 0 aliphatic carbocycles. The first-order chi connectivity index (χ1) is 9.71. The Morgan fingerprint density at radius 1 is 1.29 bits per heavy atom. The van der Waals surface area contributed by atoms with Crippen molar-refractivity contribution in [3.05, 3.63) is 0 Å². The maximum atomic E-state index is 12.2. The van der Waals surface area contributed by atoms with E-state index in [0.29, 0.717) is 32.6 Å². The Morgan fingerprint density at radius 3 is 2.43 bits per heavy atom. The highest BCUT2D eigenvalue weighted by molar-refractivity contribution is 5.75. The molecule has 1 amide bonds. The lowest BCUT2D eigenvalue weighted by molar-refractivity contribution is -0.200. The number of ether oxygens (including phenoxy) is 3. The van der Waals surface area contributed by atoms with Crippen molar-refractivity contribution < 1.29 is 28.9 Å². The highest BCUT2D eigenvalue weighted by atomic mass is 16.6. The van der Waals surface area contributed by atoms with Crippen molar-refractivity contribution in [2.75, 3.05) is 26.3 Å². The molecule has 1 unspecified atom stereocenters. The van der Waals surface area contributed by atoms with Gasteiger partial charge in [-0.05, 0) is 20.8 Å². The SMILES string of the molecule is CC(C)(C)OC(=O)N1CC(C(=O)O)OC2(CCOCC2)C1. The average molecular weight is 301 g/mol. The zero-order valence-electron chi connectivity index (χ0n) is 12.8. The predicted octanol–water partition coefficient (Wildman–Crippen LogP) is 1.26. The number of rotatable bonds is 1. The first-order valence-electron chi connectivity index (χ1n) is 7.17. The fraction of sp³-hybridized carbons (Fsp3) is 0.857. The van der Waals surface area contributed by atoms with E-state index >= 15 is 0 Å². The van der Waals surface area contributed by atoms with Gasteiger partial charge >= 0.3 is 12.1 Å². The lowest BCUT2D eigenvalue weighted by Crippen LogP contribution is -2.61. The lowest BCUT2D eigenvalue weighted by Gasteiger charge is -2.46. The van der Waals surface area contributed by atoms with Gasteiger partial charge in [-0.15, -0.1) is 0 Å². The van der Waals surface area contributed by atoms with Crippen LogP contribution in [0.2, 0.25) is 0 Å². The summed E-state index contributed by atoms with van der Waals surface area (Å²) in [7, 11) is 0. The summed E-state index contributed by atoms with van der Waals surface area (Å²) in [6, 6.07) is 0. The van der Waals surface area contributed by atoms with Gasteiger partial charge in [-0.25, -0.2) is 9.59 Å². The molecule has 0 aromatic carbocycles. The van der Waals surface area contributed by atoms with Gasteiger partial charge in [0.1, 0.15) is 5.60 Å². The van der Waals surface area contributed by atoms with E-state index < -0.39 is 29.4 Å². The maximum Gasteiger partial charge on any atom is 0.410 e. The molecule has 0 radical (unpaired) electrons. The van der Waals surface area contributed by atoms with Crippen LogP contribution in [0.4, 0.5) is 4.79 Å². The summed E-state index contributed by atoms with van der Waals surface area (Å²) in [6.07, 6.45) is -0.362. The Hall–Kier alpha value is -1.34. The second kappa shape index (κ2) is 5.81. The van der Waals surface area contributed by atoms with Crippen molar-refractivity contribution in [2.24, 2.45) is 0 Å². The van der Waals surface area contributed by atoms with Gasteiger partial charge in [0.2, 0.25) is 0 Å². The van der Waals surface area contributed by atoms with Gasteiger partial charge < -0.3 is 24.2 Å². The molecule has 0 saturated carbocycles. The molecular formula is C14H23NO6. The van der Waals surface area contributed by atoms with Gasteiger partial charge in [-0.3, -0.25) is 0 Å². The number of carbonyl (C=O) groups is 2. The minimum atomic E-state index is -1.06. The Balaban J connectivity index is 2.13. The van der Waals surface area contributed by atoms with E-state index in [9.17, 15) is 14.7 Å². The summed E-state index contributed by atoms with van der Waals surface area (Å²) in [4.78, 5) is 25.0. The Bertz CT molecular complexity index is 410. The normalized spacial score (nSPS) is 25.7. The highest BCUT2D eigenvalue weighted by Gasteiger charge is 2.46. The molecule has 1 atom stereocenters. The minimum Gasteiger partial charge on any atom is -0.479 e. The molecule has 2 saturated heterocycles. The standard InChI is InChI=1S/C14H23NO6/c1-13(2,3)21-12(18)15-8-10(11(16)17)20-14(9-15)4-6-19-7-5-14/h10H,4-9H2,1-3H3,(H,16,17). The van der Waals surface area contributed by atoms with Crippen LogP contribution in [0, 0.1) is 0 Å². The molecule has 2 aliphatic heterocycles. The van der Waals surface area contributed by atoms with Crippen molar-refractivity contribution in [1.82, 2.24) is 4.90 Å². The van der Waals surface area contributed by atoms with E-state index in [2.05, 4.69) is 0 Å². The van der Waals surface area contributed by atoms with E-state index in [1.807, 2.05) is 0 Å². The largest absolute Gasteiger partial charge is 0.479 e. The third-order valence-corrected chi connectivity index (χ3v) is 3.59. The number of amides is 1. The summed E-state index contributed by atoms with van der Waals surface area (Å²) in [6.45, 7) is 6.71. The lowest BCUT2D eigenvalue weighted by atomic mass is 9.91. The van der Waals surface area contributed by atoms with Crippen LogP contribution in [-0.4, -0.2) is 65.7 Å². The van der Waals surface area contributed by atoms with Crippen molar-refractivity contribution in [3.63, 3.8) is 0 Å². The van der Waals surface area contributed by atoms with Gasteiger partial charge in [0.05, 0.1) is 18.7 Å². The van der Waals surface area contributed by atoms with Gasteiger partial charge in [-0.1, -0.05) is 0 Å². The number of nitrogens with zero attached hydrogens (tertiary/aromatic N) is 1. The van der Waals surface area contributed by atoms with Crippen molar-refractivity contribution in [1.29, 1.82) is 0 Å². The van der Waals surface area contributed by atoms with Gasteiger partial charge in [0, 0.05) is 26.1 Å². The topological polar surface area (TPSA) is 85.3 Å². The van der Waals surface area contributed by atoms with Crippen LogP contribution in [0.1, 0.15) is 33.6 Å². The van der Waals surface area contributed by atoms with Crippen LogP contribution in [0.3, 0.4) is 0 Å². The van der Waals surface area contributed by atoms with Crippen LogP contribution < -0.4 is 0 Å². The third-order valence-electron chi connectivity index (χ3n) is 3.59. The summed E-state index contributed by atoms with van der Waals surface area (Å²) < 4.78 is 16.4. The molecule has 2 aliphatic rings. The zero-order chi connectivity index (χ0) is 15.7. The summed E-state index contributed by atoms with van der Waals surface area (Å²) >= 11 is 0. The van der Waals surface area contributed by atoms with E-state index in [1.54, 1.807) is 20.8 Å². The second-order valence-electron chi connectivity index (χ2n) is 6.60. The highest BCUT2D eigenvalue weighted by Crippen LogP contribution is 2.32. The van der Waals surface area contributed by atoms with E-state index in [0.717, 1.165) is 0 Å². The smallest absolute Gasteiger partial charge is 0.410 e.